The van der Waals surface area contributed by atoms with E-state index in [4.69, 9.17) is 11.6 Å². The van der Waals surface area contributed by atoms with Crippen LogP contribution >= 0.6 is 11.6 Å². The van der Waals surface area contributed by atoms with Crippen LogP contribution in [0.2, 0.25) is 5.02 Å². The van der Waals surface area contributed by atoms with E-state index in [2.05, 4.69) is 30.2 Å². The molecule has 1 N–H and O–H groups in total. The number of anilines is 5. The highest BCUT2D eigenvalue weighted by atomic mass is 35.5. The van der Waals surface area contributed by atoms with Crippen molar-refractivity contribution < 1.29 is 13.2 Å². The van der Waals surface area contributed by atoms with Crippen LogP contribution in [0.15, 0.2) is 42.6 Å². The summed E-state index contributed by atoms with van der Waals surface area (Å²) in [7, 11) is 3.62. The minimum Gasteiger partial charge on any atom is -0.352 e. The Balaban J connectivity index is 1.52. The number of aromatic nitrogens is 4. The Kier molecular flexibility index (Phi) is 6.41. The average Bonchev–Trinajstić information content (AvgIpc) is 2.79. The molecule has 33 heavy (non-hydrogen) atoms. The molecule has 0 aliphatic carbocycles. The molecule has 3 aromatic rings. The third kappa shape index (κ3) is 5.36. The number of halogens is 4. The van der Waals surface area contributed by atoms with E-state index >= 15 is 0 Å². The summed E-state index contributed by atoms with van der Waals surface area (Å²) in [6.45, 7) is 2.65. The summed E-state index contributed by atoms with van der Waals surface area (Å²) < 4.78 is 38.5. The smallest absolute Gasteiger partial charge is 0.352 e. The number of nitrogens with one attached hydrogen (secondary N) is 1. The molecular weight excluding hydrogens is 457 g/mol. The Hall–Kier alpha value is -3.34. The van der Waals surface area contributed by atoms with Crippen LogP contribution in [0.1, 0.15) is 5.56 Å². The van der Waals surface area contributed by atoms with Gasteiger partial charge in [-0.15, -0.1) is 0 Å². The number of rotatable bonds is 5. The third-order valence-corrected chi connectivity index (χ3v) is 5.38. The van der Waals surface area contributed by atoms with E-state index in [-0.39, 0.29) is 5.95 Å². The van der Waals surface area contributed by atoms with Crippen molar-refractivity contribution in [2.45, 2.75) is 6.18 Å². The molecule has 1 aliphatic rings. The first-order valence-electron chi connectivity index (χ1n) is 10.2. The first-order chi connectivity index (χ1) is 15.7. The fourth-order valence-electron chi connectivity index (χ4n) is 3.35. The van der Waals surface area contributed by atoms with Gasteiger partial charge in [-0.3, -0.25) is 0 Å². The van der Waals surface area contributed by atoms with Gasteiger partial charge in [-0.05, 0) is 36.4 Å². The van der Waals surface area contributed by atoms with Crippen molar-refractivity contribution in [2.75, 3.05) is 60.3 Å². The van der Waals surface area contributed by atoms with E-state index in [0.717, 1.165) is 18.0 Å². The van der Waals surface area contributed by atoms with E-state index in [9.17, 15) is 13.2 Å². The first kappa shape index (κ1) is 22.8. The van der Waals surface area contributed by atoms with E-state index in [1.54, 1.807) is 17.2 Å². The summed E-state index contributed by atoms with van der Waals surface area (Å²) in [6, 6.07) is 8.32. The van der Waals surface area contributed by atoms with Crippen molar-refractivity contribution in [3.05, 3.63) is 53.2 Å². The predicted octanol–water partition coefficient (Wildman–Crippen LogP) is 4.08. The Bertz CT molecular complexity index is 1100. The minimum absolute atomic E-state index is 0.249. The molecule has 0 unspecified atom stereocenters. The molecule has 174 valence electrons. The van der Waals surface area contributed by atoms with Crippen LogP contribution in [0.4, 0.5) is 42.5 Å². The zero-order chi connectivity index (χ0) is 23.6. The lowest BCUT2D eigenvalue weighted by molar-refractivity contribution is -0.137. The van der Waals surface area contributed by atoms with E-state index in [0.29, 0.717) is 48.8 Å². The maximum Gasteiger partial charge on any atom is 0.416 e. The highest BCUT2D eigenvalue weighted by molar-refractivity contribution is 6.32. The molecule has 0 bridgehead atoms. The average molecular weight is 479 g/mol. The first-order valence-corrected chi connectivity index (χ1v) is 10.6. The summed E-state index contributed by atoms with van der Waals surface area (Å²) in [6.07, 6.45) is -2.68. The van der Waals surface area contributed by atoms with Crippen LogP contribution in [-0.4, -0.2) is 60.2 Å². The molecule has 4 rings (SSSR count). The molecule has 0 radical (unpaired) electrons. The molecule has 0 atom stereocenters. The van der Waals surface area contributed by atoms with Gasteiger partial charge in [-0.2, -0.15) is 28.1 Å². The molecule has 1 fully saturated rings. The van der Waals surface area contributed by atoms with Crippen LogP contribution in [0.25, 0.3) is 0 Å². The summed E-state index contributed by atoms with van der Waals surface area (Å²) in [5.74, 6) is 1.91. The number of hydrogen-bond acceptors (Lipinski definition) is 8. The quantitative estimate of drug-likeness (QED) is 0.588. The zero-order valence-electron chi connectivity index (χ0n) is 18.0. The van der Waals surface area contributed by atoms with Gasteiger partial charge in [0.25, 0.3) is 0 Å². The molecule has 1 saturated heterocycles. The maximum atomic E-state index is 12.8. The number of pyridine rings is 1. The third-order valence-electron chi connectivity index (χ3n) is 5.08. The lowest BCUT2D eigenvalue weighted by Gasteiger charge is -2.35. The number of hydrogen-bond donors (Lipinski definition) is 1. The zero-order valence-corrected chi connectivity index (χ0v) is 18.8. The van der Waals surface area contributed by atoms with Crippen molar-refractivity contribution in [2.24, 2.45) is 0 Å². The van der Waals surface area contributed by atoms with Gasteiger partial charge in [0, 0.05) is 52.2 Å². The lowest BCUT2D eigenvalue weighted by atomic mass is 10.2. The van der Waals surface area contributed by atoms with Gasteiger partial charge in [0.2, 0.25) is 17.8 Å². The van der Waals surface area contributed by atoms with Crippen molar-refractivity contribution in [1.82, 2.24) is 19.9 Å². The maximum absolute atomic E-state index is 12.8. The standard InChI is InChI=1S/C21H22ClF3N8/c1-31(2)19-28-18(27-15-7-5-14(6-8-15)21(23,24)25)29-20(30-19)33-12-10-32(11-13-33)17-16(22)4-3-9-26-17/h3-9H,10-13H2,1-2H3,(H,27,28,29,30). The van der Waals surface area contributed by atoms with Gasteiger partial charge in [0.05, 0.1) is 10.6 Å². The van der Waals surface area contributed by atoms with Crippen molar-refractivity contribution in [3.8, 4) is 0 Å². The fourth-order valence-corrected chi connectivity index (χ4v) is 3.59. The minimum atomic E-state index is -4.39. The largest absolute Gasteiger partial charge is 0.416 e. The second kappa shape index (κ2) is 9.26. The Labute approximate surface area is 194 Å². The monoisotopic (exact) mass is 478 g/mol. The van der Waals surface area contributed by atoms with Gasteiger partial charge >= 0.3 is 6.18 Å². The summed E-state index contributed by atoms with van der Waals surface area (Å²) in [5.41, 5.74) is -0.274. The molecule has 0 saturated carbocycles. The molecule has 12 heteroatoms. The number of nitrogens with zero attached hydrogens (tertiary/aromatic N) is 7. The highest BCUT2D eigenvalue weighted by Crippen LogP contribution is 2.30. The van der Waals surface area contributed by atoms with Crippen LogP contribution < -0.4 is 20.0 Å². The van der Waals surface area contributed by atoms with E-state index in [1.165, 1.54) is 12.1 Å². The van der Waals surface area contributed by atoms with E-state index < -0.39 is 11.7 Å². The number of benzene rings is 1. The summed E-state index contributed by atoms with van der Waals surface area (Å²) in [4.78, 5) is 23.7. The van der Waals surface area contributed by atoms with Crippen LogP contribution in [0, 0.1) is 0 Å². The van der Waals surface area contributed by atoms with Gasteiger partial charge in [-0.25, -0.2) is 4.98 Å². The fraction of sp³-hybridized carbons (Fsp3) is 0.333. The van der Waals surface area contributed by atoms with Gasteiger partial charge < -0.3 is 20.0 Å². The summed E-state index contributed by atoms with van der Waals surface area (Å²) >= 11 is 6.27. The van der Waals surface area contributed by atoms with E-state index in [1.807, 2.05) is 25.1 Å². The Morgan fingerprint density at radius 2 is 1.61 bits per heavy atom. The van der Waals surface area contributed by atoms with Crippen LogP contribution in [0.3, 0.4) is 0 Å². The SMILES string of the molecule is CN(C)c1nc(Nc2ccc(C(F)(F)F)cc2)nc(N2CCN(c3ncccc3Cl)CC2)n1. The molecule has 0 spiro atoms. The Morgan fingerprint density at radius 1 is 0.939 bits per heavy atom. The molecule has 8 nitrogen and oxygen atoms in total. The molecule has 1 aliphatic heterocycles. The lowest BCUT2D eigenvalue weighted by Crippen LogP contribution is -2.47. The normalized spacial score (nSPS) is 14.4. The van der Waals surface area contributed by atoms with Crippen molar-refractivity contribution in [3.63, 3.8) is 0 Å². The predicted molar refractivity (Wildman–Crippen MR) is 123 cm³/mol. The van der Waals surface area contributed by atoms with Gasteiger partial charge in [-0.1, -0.05) is 11.6 Å². The number of alkyl halides is 3. The van der Waals surface area contributed by atoms with Gasteiger partial charge in [0.1, 0.15) is 5.82 Å². The second-order valence-electron chi connectivity index (χ2n) is 7.64. The molecule has 3 heterocycles. The molecular formula is C21H22ClF3N8. The van der Waals surface area contributed by atoms with Gasteiger partial charge in [0.15, 0.2) is 0 Å². The Morgan fingerprint density at radius 3 is 2.21 bits per heavy atom. The molecule has 1 aromatic carbocycles. The second-order valence-corrected chi connectivity index (χ2v) is 8.04. The molecule has 2 aromatic heterocycles. The van der Waals surface area contributed by atoms with Crippen molar-refractivity contribution in [1.29, 1.82) is 0 Å². The van der Waals surface area contributed by atoms with Crippen molar-refractivity contribution >= 4 is 41.0 Å². The molecule has 0 amide bonds. The number of piperazine rings is 1. The topological polar surface area (TPSA) is 73.3 Å². The van der Waals surface area contributed by atoms with Crippen LogP contribution in [-0.2, 0) is 6.18 Å². The van der Waals surface area contributed by atoms with Crippen LogP contribution in [0.5, 0.6) is 0 Å². The summed E-state index contributed by atoms with van der Waals surface area (Å²) in [5, 5.41) is 3.58. The highest BCUT2D eigenvalue weighted by Gasteiger charge is 2.30.